The summed E-state index contributed by atoms with van der Waals surface area (Å²) in [4.78, 5) is 24.2. The lowest BCUT2D eigenvalue weighted by Crippen LogP contribution is -2.49. The topological polar surface area (TPSA) is 57.6 Å². The fourth-order valence-corrected chi connectivity index (χ4v) is 2.78. The van der Waals surface area contributed by atoms with Crippen molar-refractivity contribution in [1.29, 1.82) is 0 Å². The summed E-state index contributed by atoms with van der Waals surface area (Å²) >= 11 is 0. The first-order valence-electron chi connectivity index (χ1n) is 6.62. The molecule has 0 aliphatic carbocycles. The van der Waals surface area contributed by atoms with Gasteiger partial charge >= 0.3 is 5.97 Å². The maximum absolute atomic E-state index is 11.4. The molecule has 0 bridgehead atoms. The van der Waals surface area contributed by atoms with Gasteiger partial charge < -0.3 is 10.0 Å². The largest absolute Gasteiger partial charge is 0.480 e. The predicted octanol–water partition coefficient (Wildman–Crippen LogP) is 1.94. The standard InChI is InChI=1S/C15H19NO3/c1-11(17)16-8-7-13(10-14(16)15(18)19)9-12-5-3-2-4-6-12/h2-6,13-14H,7-10H2,1H3,(H,18,19)/t13-,14-/m0/s1. The van der Waals surface area contributed by atoms with E-state index in [1.165, 1.54) is 17.4 Å². The van der Waals surface area contributed by atoms with Gasteiger partial charge in [-0.05, 0) is 30.7 Å². The van der Waals surface area contributed by atoms with E-state index in [1.54, 1.807) is 0 Å². The fraction of sp³-hybridized carbons (Fsp3) is 0.467. The summed E-state index contributed by atoms with van der Waals surface area (Å²) in [5.41, 5.74) is 1.23. The van der Waals surface area contributed by atoms with Gasteiger partial charge in [-0.25, -0.2) is 4.79 Å². The molecule has 1 N–H and O–H groups in total. The molecular formula is C15H19NO3. The molecule has 4 nitrogen and oxygen atoms in total. The Kier molecular flexibility index (Phi) is 4.20. The Morgan fingerprint density at radius 1 is 1.32 bits per heavy atom. The van der Waals surface area contributed by atoms with Gasteiger partial charge in [0.05, 0.1) is 0 Å². The molecule has 1 amide bonds. The van der Waals surface area contributed by atoms with Crippen LogP contribution in [0.4, 0.5) is 0 Å². The van der Waals surface area contributed by atoms with Crippen LogP contribution in [-0.4, -0.2) is 34.5 Å². The number of rotatable bonds is 3. The third-order valence-electron chi connectivity index (χ3n) is 3.77. The zero-order valence-corrected chi connectivity index (χ0v) is 11.1. The van der Waals surface area contributed by atoms with Crippen LogP contribution < -0.4 is 0 Å². The molecule has 0 spiro atoms. The zero-order valence-electron chi connectivity index (χ0n) is 11.1. The molecule has 0 saturated carbocycles. The minimum absolute atomic E-state index is 0.148. The number of nitrogens with zero attached hydrogens (tertiary/aromatic N) is 1. The highest BCUT2D eigenvalue weighted by Crippen LogP contribution is 2.26. The van der Waals surface area contributed by atoms with E-state index in [-0.39, 0.29) is 5.91 Å². The highest BCUT2D eigenvalue weighted by Gasteiger charge is 2.34. The first kappa shape index (κ1) is 13.6. The van der Waals surface area contributed by atoms with Crippen LogP contribution in [0.5, 0.6) is 0 Å². The number of hydrogen-bond acceptors (Lipinski definition) is 2. The number of piperidine rings is 1. The molecule has 1 saturated heterocycles. The van der Waals surface area contributed by atoms with Crippen molar-refractivity contribution >= 4 is 11.9 Å². The lowest BCUT2D eigenvalue weighted by Gasteiger charge is -2.36. The number of likely N-dealkylation sites (tertiary alicyclic amines) is 1. The van der Waals surface area contributed by atoms with Crippen molar-refractivity contribution in [3.05, 3.63) is 35.9 Å². The second-order valence-electron chi connectivity index (χ2n) is 5.15. The highest BCUT2D eigenvalue weighted by molar-refractivity contribution is 5.82. The van der Waals surface area contributed by atoms with E-state index in [4.69, 9.17) is 0 Å². The quantitative estimate of drug-likeness (QED) is 0.904. The van der Waals surface area contributed by atoms with Crippen LogP contribution in [0.2, 0.25) is 0 Å². The molecule has 1 aliphatic rings. The summed E-state index contributed by atoms with van der Waals surface area (Å²) in [6, 6.07) is 9.42. The van der Waals surface area contributed by atoms with Gasteiger partial charge in [-0.2, -0.15) is 0 Å². The van der Waals surface area contributed by atoms with Gasteiger partial charge in [-0.15, -0.1) is 0 Å². The van der Waals surface area contributed by atoms with Crippen molar-refractivity contribution in [2.75, 3.05) is 6.54 Å². The molecule has 1 fully saturated rings. The predicted molar refractivity (Wildman–Crippen MR) is 71.7 cm³/mol. The molecule has 19 heavy (non-hydrogen) atoms. The highest BCUT2D eigenvalue weighted by atomic mass is 16.4. The molecule has 1 heterocycles. The number of aliphatic carboxylic acids is 1. The van der Waals surface area contributed by atoms with Crippen molar-refractivity contribution < 1.29 is 14.7 Å². The number of carboxylic acid groups (broad SMARTS) is 1. The third kappa shape index (κ3) is 3.34. The van der Waals surface area contributed by atoms with Gasteiger partial charge in [0.15, 0.2) is 0 Å². The van der Waals surface area contributed by atoms with E-state index >= 15 is 0 Å². The summed E-state index contributed by atoms with van der Waals surface area (Å²) in [5.74, 6) is -0.711. The van der Waals surface area contributed by atoms with Crippen molar-refractivity contribution in [3.63, 3.8) is 0 Å². The maximum atomic E-state index is 11.4. The smallest absolute Gasteiger partial charge is 0.326 e. The van der Waals surface area contributed by atoms with Gasteiger partial charge in [0.1, 0.15) is 6.04 Å². The molecule has 1 aromatic rings. The summed E-state index contributed by atoms with van der Waals surface area (Å²) in [7, 11) is 0. The van der Waals surface area contributed by atoms with E-state index in [1.807, 2.05) is 18.2 Å². The maximum Gasteiger partial charge on any atom is 0.326 e. The molecule has 0 unspecified atom stereocenters. The lowest BCUT2D eigenvalue weighted by atomic mass is 9.86. The molecule has 2 rings (SSSR count). The first-order chi connectivity index (χ1) is 9.08. The zero-order chi connectivity index (χ0) is 13.8. The number of carboxylic acids is 1. The van der Waals surface area contributed by atoms with E-state index in [9.17, 15) is 14.7 Å². The van der Waals surface area contributed by atoms with Crippen molar-refractivity contribution in [3.8, 4) is 0 Å². The van der Waals surface area contributed by atoms with Crippen LogP contribution in [0.25, 0.3) is 0 Å². The monoisotopic (exact) mass is 261 g/mol. The Balaban J connectivity index is 2.03. The summed E-state index contributed by atoms with van der Waals surface area (Å²) in [5, 5.41) is 9.25. The number of hydrogen-bond donors (Lipinski definition) is 1. The normalized spacial score (nSPS) is 23.1. The average molecular weight is 261 g/mol. The van der Waals surface area contributed by atoms with Crippen molar-refractivity contribution in [2.24, 2.45) is 5.92 Å². The first-order valence-corrected chi connectivity index (χ1v) is 6.62. The van der Waals surface area contributed by atoms with E-state index < -0.39 is 12.0 Å². The van der Waals surface area contributed by atoms with Gasteiger partial charge in [-0.1, -0.05) is 30.3 Å². The van der Waals surface area contributed by atoms with Crippen molar-refractivity contribution in [1.82, 2.24) is 4.90 Å². The summed E-state index contributed by atoms with van der Waals surface area (Å²) in [6.45, 7) is 1.98. The fourth-order valence-electron chi connectivity index (χ4n) is 2.78. The van der Waals surface area contributed by atoms with Crippen LogP contribution >= 0.6 is 0 Å². The Morgan fingerprint density at radius 3 is 2.58 bits per heavy atom. The Hall–Kier alpha value is -1.84. The lowest BCUT2D eigenvalue weighted by molar-refractivity contribution is -0.152. The second kappa shape index (κ2) is 5.87. The van der Waals surface area contributed by atoms with Crippen LogP contribution in [0.1, 0.15) is 25.3 Å². The number of carbonyl (C=O) groups is 2. The van der Waals surface area contributed by atoms with E-state index in [0.717, 1.165) is 12.8 Å². The molecule has 102 valence electrons. The second-order valence-corrected chi connectivity index (χ2v) is 5.15. The van der Waals surface area contributed by atoms with Crippen LogP contribution in [0.15, 0.2) is 30.3 Å². The average Bonchev–Trinajstić information content (AvgIpc) is 2.39. The molecule has 2 atom stereocenters. The Labute approximate surface area is 113 Å². The van der Waals surface area contributed by atoms with Crippen molar-refractivity contribution in [2.45, 2.75) is 32.2 Å². The molecule has 0 radical (unpaired) electrons. The SMILES string of the molecule is CC(=O)N1CC[C@@H](Cc2ccccc2)C[C@H]1C(=O)O. The summed E-state index contributed by atoms with van der Waals surface area (Å²) in [6.07, 6.45) is 2.30. The number of carbonyl (C=O) groups excluding carboxylic acids is 1. The Bertz CT molecular complexity index is 458. The molecule has 4 heteroatoms. The van der Waals surface area contributed by atoms with E-state index in [2.05, 4.69) is 12.1 Å². The molecule has 1 aliphatic heterocycles. The summed E-state index contributed by atoms with van der Waals surface area (Å²) < 4.78 is 0. The van der Waals surface area contributed by atoms with E-state index in [0.29, 0.717) is 18.9 Å². The minimum atomic E-state index is -0.895. The van der Waals surface area contributed by atoms with Gasteiger partial charge in [0.25, 0.3) is 0 Å². The molecule has 1 aromatic carbocycles. The van der Waals surface area contributed by atoms with Crippen LogP contribution in [-0.2, 0) is 16.0 Å². The number of amides is 1. The molecular weight excluding hydrogens is 242 g/mol. The third-order valence-corrected chi connectivity index (χ3v) is 3.77. The Morgan fingerprint density at radius 2 is 2.00 bits per heavy atom. The van der Waals surface area contributed by atoms with Crippen LogP contribution in [0.3, 0.4) is 0 Å². The van der Waals surface area contributed by atoms with Gasteiger partial charge in [0.2, 0.25) is 5.91 Å². The number of benzene rings is 1. The minimum Gasteiger partial charge on any atom is -0.480 e. The van der Waals surface area contributed by atoms with Gasteiger partial charge in [0, 0.05) is 13.5 Å². The molecule has 0 aromatic heterocycles. The van der Waals surface area contributed by atoms with Crippen LogP contribution in [0, 0.1) is 5.92 Å². The van der Waals surface area contributed by atoms with Gasteiger partial charge in [-0.3, -0.25) is 4.79 Å².